The van der Waals surface area contributed by atoms with Crippen LogP contribution in [0.2, 0.25) is 0 Å². The van der Waals surface area contributed by atoms with Crippen molar-refractivity contribution in [3.8, 4) is 5.75 Å². The van der Waals surface area contributed by atoms with Crippen LogP contribution in [0.4, 0.5) is 0 Å². The smallest absolute Gasteiger partial charge is 0.303 e. The van der Waals surface area contributed by atoms with Crippen LogP contribution in [0.25, 0.3) is 0 Å². The first kappa shape index (κ1) is 18.3. The van der Waals surface area contributed by atoms with Crippen molar-refractivity contribution in [3.63, 3.8) is 0 Å². The molecular formula is C18H25NO5. The summed E-state index contributed by atoms with van der Waals surface area (Å²) in [5.41, 5.74) is 0. The molecule has 1 unspecified atom stereocenters. The topological polar surface area (TPSA) is 76.1 Å². The standard InChI is InChI=1S/C18H25NO5/c20-17(14-23-12-13-24-16-7-2-1-3-8-16)19-11-5-4-6-15(19)9-10-18(21)22/h1-3,7-8,15H,4-6,9-14H2,(H,21,22). The summed E-state index contributed by atoms with van der Waals surface area (Å²) in [5.74, 6) is -0.107. The molecule has 0 radical (unpaired) electrons. The summed E-state index contributed by atoms with van der Waals surface area (Å²) in [6, 6.07) is 9.46. The van der Waals surface area contributed by atoms with Crippen LogP contribution in [0.1, 0.15) is 32.1 Å². The van der Waals surface area contributed by atoms with E-state index >= 15 is 0 Å². The van der Waals surface area contributed by atoms with Gasteiger partial charge in [-0.25, -0.2) is 0 Å². The predicted molar refractivity (Wildman–Crippen MR) is 89.0 cm³/mol. The molecule has 132 valence electrons. The van der Waals surface area contributed by atoms with Gasteiger partial charge in [0.1, 0.15) is 19.0 Å². The van der Waals surface area contributed by atoms with Gasteiger partial charge in [-0.2, -0.15) is 0 Å². The molecule has 0 bridgehead atoms. The Morgan fingerprint density at radius 2 is 1.96 bits per heavy atom. The lowest BCUT2D eigenvalue weighted by atomic mass is 9.98. The molecule has 24 heavy (non-hydrogen) atoms. The molecule has 1 aromatic carbocycles. The Hall–Kier alpha value is -2.08. The van der Waals surface area contributed by atoms with Crippen LogP contribution in [0, 0.1) is 0 Å². The highest BCUT2D eigenvalue weighted by Crippen LogP contribution is 2.21. The molecule has 2 rings (SSSR count). The number of benzene rings is 1. The fraction of sp³-hybridized carbons (Fsp3) is 0.556. The Morgan fingerprint density at radius 3 is 2.71 bits per heavy atom. The van der Waals surface area contributed by atoms with Gasteiger partial charge >= 0.3 is 5.97 Å². The zero-order valence-corrected chi connectivity index (χ0v) is 13.9. The number of carboxylic acids is 1. The van der Waals surface area contributed by atoms with Crippen LogP contribution in [-0.4, -0.2) is 54.3 Å². The lowest BCUT2D eigenvalue weighted by Crippen LogP contribution is -2.45. The van der Waals surface area contributed by atoms with Crippen LogP contribution >= 0.6 is 0 Å². The predicted octanol–water partition coefficient (Wildman–Crippen LogP) is 2.33. The van der Waals surface area contributed by atoms with Crippen molar-refractivity contribution in [3.05, 3.63) is 30.3 Å². The second-order valence-electron chi connectivity index (χ2n) is 5.88. The molecule has 1 amide bonds. The van der Waals surface area contributed by atoms with E-state index in [4.69, 9.17) is 14.6 Å². The highest BCUT2D eigenvalue weighted by molar-refractivity contribution is 5.78. The number of hydrogen-bond donors (Lipinski definition) is 1. The molecule has 1 aliphatic heterocycles. The van der Waals surface area contributed by atoms with Gasteiger partial charge in [0.15, 0.2) is 0 Å². The van der Waals surface area contributed by atoms with Crippen LogP contribution in [0.5, 0.6) is 5.75 Å². The van der Waals surface area contributed by atoms with Crippen molar-refractivity contribution in [1.82, 2.24) is 4.90 Å². The lowest BCUT2D eigenvalue weighted by molar-refractivity contribution is -0.142. The molecule has 1 aliphatic rings. The highest BCUT2D eigenvalue weighted by Gasteiger charge is 2.26. The minimum atomic E-state index is -0.817. The molecule has 6 heteroatoms. The fourth-order valence-corrected chi connectivity index (χ4v) is 2.90. The number of carbonyl (C=O) groups excluding carboxylic acids is 1. The Morgan fingerprint density at radius 1 is 1.17 bits per heavy atom. The average molecular weight is 335 g/mol. The van der Waals surface area contributed by atoms with Gasteiger partial charge in [0.05, 0.1) is 6.61 Å². The largest absolute Gasteiger partial charge is 0.491 e. The molecule has 6 nitrogen and oxygen atoms in total. The number of likely N-dealkylation sites (tertiary alicyclic amines) is 1. The van der Waals surface area contributed by atoms with Crippen LogP contribution in [0.3, 0.4) is 0 Å². The number of amides is 1. The molecule has 1 N–H and O–H groups in total. The lowest BCUT2D eigenvalue weighted by Gasteiger charge is -2.35. The normalized spacial score (nSPS) is 17.5. The van der Waals surface area contributed by atoms with E-state index in [1.165, 1.54) is 0 Å². The molecule has 0 aromatic heterocycles. The minimum Gasteiger partial charge on any atom is -0.491 e. The van der Waals surface area contributed by atoms with E-state index in [-0.39, 0.29) is 25.0 Å². The number of piperidine rings is 1. The van der Waals surface area contributed by atoms with Gasteiger partial charge in [-0.1, -0.05) is 18.2 Å². The maximum atomic E-state index is 12.3. The van der Waals surface area contributed by atoms with Gasteiger partial charge in [-0.05, 0) is 37.8 Å². The number of aliphatic carboxylic acids is 1. The molecular weight excluding hydrogens is 310 g/mol. The number of hydrogen-bond acceptors (Lipinski definition) is 4. The SMILES string of the molecule is O=C(O)CCC1CCCCN1C(=O)COCCOc1ccccc1. The third-order valence-electron chi connectivity index (χ3n) is 4.10. The number of carboxylic acid groups (broad SMARTS) is 1. The van der Waals surface area contributed by atoms with Gasteiger partial charge in [-0.3, -0.25) is 9.59 Å². The van der Waals surface area contributed by atoms with Gasteiger partial charge in [0, 0.05) is 19.0 Å². The number of nitrogens with zero attached hydrogens (tertiary/aromatic N) is 1. The Labute approximate surface area is 142 Å². The first-order valence-corrected chi connectivity index (χ1v) is 8.43. The summed E-state index contributed by atoms with van der Waals surface area (Å²) in [6.07, 6.45) is 3.49. The molecule has 1 saturated heterocycles. The van der Waals surface area contributed by atoms with Gasteiger partial charge < -0.3 is 19.5 Å². The summed E-state index contributed by atoms with van der Waals surface area (Å²) < 4.78 is 10.9. The fourth-order valence-electron chi connectivity index (χ4n) is 2.90. The van der Waals surface area contributed by atoms with E-state index < -0.39 is 5.97 Å². The van der Waals surface area contributed by atoms with Crippen molar-refractivity contribution >= 4 is 11.9 Å². The quantitative estimate of drug-likeness (QED) is 0.701. The van der Waals surface area contributed by atoms with Crippen LogP contribution in [0.15, 0.2) is 30.3 Å². The second kappa shape index (κ2) is 9.93. The third kappa shape index (κ3) is 6.20. The molecule has 0 aliphatic carbocycles. The van der Waals surface area contributed by atoms with E-state index in [9.17, 15) is 9.59 Å². The third-order valence-corrected chi connectivity index (χ3v) is 4.10. The zero-order valence-electron chi connectivity index (χ0n) is 13.9. The number of ether oxygens (including phenoxy) is 2. The minimum absolute atomic E-state index is 0.0156. The molecule has 1 atom stereocenters. The summed E-state index contributed by atoms with van der Waals surface area (Å²) in [5, 5.41) is 8.82. The van der Waals surface area contributed by atoms with Gasteiger partial charge in [0.25, 0.3) is 0 Å². The van der Waals surface area contributed by atoms with Crippen molar-refractivity contribution < 1.29 is 24.2 Å². The number of rotatable bonds is 9. The summed E-state index contributed by atoms with van der Waals surface area (Å²) >= 11 is 0. The zero-order chi connectivity index (χ0) is 17.2. The molecule has 1 heterocycles. The van der Waals surface area contributed by atoms with E-state index in [0.29, 0.717) is 26.2 Å². The summed E-state index contributed by atoms with van der Waals surface area (Å²) in [7, 11) is 0. The summed E-state index contributed by atoms with van der Waals surface area (Å²) in [4.78, 5) is 24.8. The Balaban J connectivity index is 1.67. The maximum absolute atomic E-state index is 12.3. The molecule has 1 aromatic rings. The maximum Gasteiger partial charge on any atom is 0.303 e. The monoisotopic (exact) mass is 335 g/mol. The average Bonchev–Trinajstić information content (AvgIpc) is 2.60. The van der Waals surface area contributed by atoms with Gasteiger partial charge in [0.2, 0.25) is 5.91 Å². The summed E-state index contributed by atoms with van der Waals surface area (Å²) in [6.45, 7) is 1.43. The Kier molecular flexibility index (Phi) is 7.55. The van der Waals surface area contributed by atoms with Gasteiger partial charge in [-0.15, -0.1) is 0 Å². The van der Waals surface area contributed by atoms with Crippen LogP contribution in [-0.2, 0) is 14.3 Å². The van der Waals surface area contributed by atoms with E-state index in [1.807, 2.05) is 30.3 Å². The number of para-hydroxylation sites is 1. The first-order valence-electron chi connectivity index (χ1n) is 8.43. The molecule has 0 saturated carbocycles. The van der Waals surface area contributed by atoms with Crippen molar-refractivity contribution in [2.24, 2.45) is 0 Å². The van der Waals surface area contributed by atoms with Crippen molar-refractivity contribution in [2.45, 2.75) is 38.1 Å². The van der Waals surface area contributed by atoms with Crippen molar-refractivity contribution in [1.29, 1.82) is 0 Å². The Bertz CT molecular complexity index is 519. The number of carbonyl (C=O) groups is 2. The van der Waals surface area contributed by atoms with E-state index in [0.717, 1.165) is 25.0 Å². The molecule has 1 fully saturated rings. The van der Waals surface area contributed by atoms with E-state index in [1.54, 1.807) is 4.90 Å². The van der Waals surface area contributed by atoms with Crippen molar-refractivity contribution in [2.75, 3.05) is 26.4 Å². The highest BCUT2D eigenvalue weighted by atomic mass is 16.5. The first-order chi connectivity index (χ1) is 11.7. The molecule has 0 spiro atoms. The van der Waals surface area contributed by atoms with Crippen LogP contribution < -0.4 is 4.74 Å². The van der Waals surface area contributed by atoms with E-state index in [2.05, 4.69) is 0 Å². The second-order valence-corrected chi connectivity index (χ2v) is 5.88.